The van der Waals surface area contributed by atoms with Gasteiger partial charge in [-0.2, -0.15) is 0 Å². The van der Waals surface area contributed by atoms with Crippen LogP contribution >= 0.6 is 11.6 Å². The normalized spacial score (nSPS) is 14.6. The van der Waals surface area contributed by atoms with E-state index in [1.165, 1.54) is 5.56 Å². The molecule has 3 rings (SSSR count). The highest BCUT2D eigenvalue weighted by Gasteiger charge is 2.32. The van der Waals surface area contributed by atoms with Gasteiger partial charge in [-0.1, -0.05) is 57.1 Å². The molecule has 0 spiro atoms. The smallest absolute Gasteiger partial charge is 0.255 e. The molecule has 0 aromatic heterocycles. The molecule has 2 aromatic rings. The summed E-state index contributed by atoms with van der Waals surface area (Å²) in [6.45, 7) is 7.62. The van der Waals surface area contributed by atoms with E-state index in [2.05, 4.69) is 17.4 Å². The number of hydrogen-bond donors (Lipinski definition) is 1. The second-order valence-electron chi connectivity index (χ2n) is 8.28. The first-order valence-corrected chi connectivity index (χ1v) is 11.4. The largest absolute Gasteiger partial charge is 0.493 e. The number of para-hydroxylation sites is 1. The molecule has 1 aliphatic rings. The number of likely N-dealkylation sites (tertiary alicyclic amines) is 1. The zero-order valence-corrected chi connectivity index (χ0v) is 19.7. The number of hydrogen-bond acceptors (Lipinski definition) is 3. The van der Waals surface area contributed by atoms with Gasteiger partial charge in [0.25, 0.3) is 5.91 Å². The first-order valence-electron chi connectivity index (χ1n) is 11.0. The lowest BCUT2D eigenvalue weighted by Crippen LogP contribution is -2.52. The summed E-state index contributed by atoms with van der Waals surface area (Å²) in [6, 6.07) is 14.5. The minimum atomic E-state index is -0.575. The molecule has 1 heterocycles. The van der Waals surface area contributed by atoms with E-state index in [9.17, 15) is 9.59 Å². The van der Waals surface area contributed by atoms with E-state index in [4.69, 9.17) is 16.3 Å². The van der Waals surface area contributed by atoms with Crippen LogP contribution in [0.1, 0.15) is 62.9 Å². The third-order valence-corrected chi connectivity index (χ3v) is 6.05. The van der Waals surface area contributed by atoms with Crippen molar-refractivity contribution in [2.45, 2.75) is 53.0 Å². The number of nitrogens with one attached hydrogen (secondary N) is 1. The summed E-state index contributed by atoms with van der Waals surface area (Å²) in [5.74, 6) is 0.622. The summed E-state index contributed by atoms with van der Waals surface area (Å²) in [5.41, 5.74) is 1.71. The van der Waals surface area contributed by atoms with Gasteiger partial charge in [-0.05, 0) is 61.4 Å². The molecule has 0 unspecified atom stereocenters. The SMILES string of the molecule is C.CCOc1ccccc1C(=O)N[C@@H](C(=O)N1CCC(c2ccc(Cl)cc2)CC1)C(C)C.O. The summed E-state index contributed by atoms with van der Waals surface area (Å²) in [6.07, 6.45) is 1.80. The minimum absolute atomic E-state index is 0. The van der Waals surface area contributed by atoms with Crippen molar-refractivity contribution in [3.8, 4) is 5.75 Å². The fourth-order valence-electron chi connectivity index (χ4n) is 4.03. The van der Waals surface area contributed by atoms with Gasteiger partial charge in [0.1, 0.15) is 11.8 Å². The van der Waals surface area contributed by atoms with E-state index in [1.807, 2.05) is 43.9 Å². The van der Waals surface area contributed by atoms with Crippen LogP contribution in [0.2, 0.25) is 5.02 Å². The van der Waals surface area contributed by atoms with E-state index in [0.717, 1.165) is 17.9 Å². The Morgan fingerprint density at radius 3 is 2.27 bits per heavy atom. The molecule has 0 aliphatic carbocycles. The van der Waals surface area contributed by atoms with Gasteiger partial charge in [0.05, 0.1) is 12.2 Å². The summed E-state index contributed by atoms with van der Waals surface area (Å²) in [5, 5.41) is 3.69. The Kier molecular flexibility index (Phi) is 11.4. The molecule has 1 aliphatic heterocycles. The summed E-state index contributed by atoms with van der Waals surface area (Å²) in [7, 11) is 0. The maximum Gasteiger partial charge on any atom is 0.255 e. The quantitative estimate of drug-likeness (QED) is 0.627. The van der Waals surface area contributed by atoms with E-state index in [0.29, 0.717) is 36.9 Å². The number of amides is 2. The molecule has 3 N–H and O–H groups in total. The lowest BCUT2D eigenvalue weighted by atomic mass is 9.89. The first-order chi connectivity index (χ1) is 14.9. The molecule has 1 saturated heterocycles. The van der Waals surface area contributed by atoms with Crippen LogP contribution in [0.3, 0.4) is 0 Å². The van der Waals surface area contributed by atoms with E-state index >= 15 is 0 Å². The summed E-state index contributed by atoms with van der Waals surface area (Å²) < 4.78 is 5.57. The van der Waals surface area contributed by atoms with Gasteiger partial charge in [-0.3, -0.25) is 9.59 Å². The zero-order valence-electron chi connectivity index (χ0n) is 18.9. The molecule has 2 aromatic carbocycles. The predicted molar refractivity (Wildman–Crippen MR) is 134 cm³/mol. The summed E-state index contributed by atoms with van der Waals surface area (Å²) in [4.78, 5) is 28.1. The second-order valence-corrected chi connectivity index (χ2v) is 8.71. The van der Waals surface area contributed by atoms with Gasteiger partial charge in [0.15, 0.2) is 0 Å². The molecule has 7 heteroatoms. The minimum Gasteiger partial charge on any atom is -0.493 e. The van der Waals surface area contributed by atoms with Gasteiger partial charge in [-0.15, -0.1) is 0 Å². The molecule has 1 fully saturated rings. The van der Waals surface area contributed by atoms with Crippen LogP contribution < -0.4 is 10.1 Å². The van der Waals surface area contributed by atoms with Crippen molar-refractivity contribution in [1.82, 2.24) is 10.2 Å². The van der Waals surface area contributed by atoms with Gasteiger partial charge in [0, 0.05) is 18.1 Å². The molecule has 0 saturated carbocycles. The molecule has 2 amide bonds. The Balaban J connectivity index is 0.00000272. The van der Waals surface area contributed by atoms with Gasteiger partial charge < -0.3 is 20.4 Å². The molecular formula is C26H37ClN2O4. The number of carbonyl (C=O) groups excluding carboxylic acids is 2. The Morgan fingerprint density at radius 1 is 1.09 bits per heavy atom. The number of nitrogens with zero attached hydrogens (tertiary/aromatic N) is 1. The molecule has 0 radical (unpaired) electrons. The van der Waals surface area contributed by atoms with Crippen LogP contribution in [0.5, 0.6) is 5.75 Å². The lowest BCUT2D eigenvalue weighted by molar-refractivity contribution is -0.135. The second kappa shape index (κ2) is 13.2. The third kappa shape index (κ3) is 7.21. The average molecular weight is 477 g/mol. The Hall–Kier alpha value is -2.57. The number of ether oxygens (including phenoxy) is 1. The highest BCUT2D eigenvalue weighted by Crippen LogP contribution is 2.29. The average Bonchev–Trinajstić information content (AvgIpc) is 2.78. The fourth-order valence-corrected chi connectivity index (χ4v) is 4.16. The summed E-state index contributed by atoms with van der Waals surface area (Å²) >= 11 is 6.00. The fraction of sp³-hybridized carbons (Fsp3) is 0.462. The van der Waals surface area contributed by atoms with Crippen molar-refractivity contribution in [3.05, 3.63) is 64.7 Å². The topological polar surface area (TPSA) is 90.1 Å². The van der Waals surface area contributed by atoms with Crippen LogP contribution in [0, 0.1) is 5.92 Å². The van der Waals surface area contributed by atoms with E-state index < -0.39 is 6.04 Å². The van der Waals surface area contributed by atoms with Crippen molar-refractivity contribution >= 4 is 23.4 Å². The lowest BCUT2D eigenvalue weighted by Gasteiger charge is -2.35. The Morgan fingerprint density at radius 2 is 1.70 bits per heavy atom. The van der Waals surface area contributed by atoms with Crippen LogP contribution in [-0.4, -0.2) is 47.9 Å². The molecular weight excluding hydrogens is 440 g/mol. The highest BCUT2D eigenvalue weighted by atomic mass is 35.5. The zero-order chi connectivity index (χ0) is 22.4. The number of carbonyl (C=O) groups is 2. The van der Waals surface area contributed by atoms with Crippen molar-refractivity contribution < 1.29 is 19.8 Å². The van der Waals surface area contributed by atoms with Gasteiger partial charge >= 0.3 is 0 Å². The molecule has 1 atom stereocenters. The van der Waals surface area contributed by atoms with Crippen molar-refractivity contribution in [2.24, 2.45) is 5.92 Å². The van der Waals surface area contributed by atoms with Crippen LogP contribution in [0.4, 0.5) is 0 Å². The maximum atomic E-state index is 13.3. The van der Waals surface area contributed by atoms with Crippen molar-refractivity contribution in [2.75, 3.05) is 19.7 Å². The van der Waals surface area contributed by atoms with E-state index in [-0.39, 0.29) is 30.6 Å². The number of piperidine rings is 1. The van der Waals surface area contributed by atoms with Crippen molar-refractivity contribution in [3.63, 3.8) is 0 Å². The van der Waals surface area contributed by atoms with Crippen molar-refractivity contribution in [1.29, 1.82) is 0 Å². The number of benzene rings is 2. The monoisotopic (exact) mass is 476 g/mol. The standard InChI is InChI=1S/C25H31ClN2O3.CH4.H2O/c1-4-31-22-8-6-5-7-21(22)24(29)27-23(17(2)3)25(30)28-15-13-19(14-16-28)18-9-11-20(26)12-10-18;;/h5-12,17,19,23H,4,13-16H2,1-3H3,(H,27,29);1H4;1H2/t23-;;/m1../s1. The maximum absolute atomic E-state index is 13.3. The molecule has 33 heavy (non-hydrogen) atoms. The Bertz CT molecular complexity index is 893. The van der Waals surface area contributed by atoms with Crippen LogP contribution in [0.25, 0.3) is 0 Å². The first kappa shape index (κ1) is 28.5. The number of halogens is 1. The van der Waals surface area contributed by atoms with Crippen LogP contribution in [0.15, 0.2) is 48.5 Å². The van der Waals surface area contributed by atoms with Crippen LogP contribution in [-0.2, 0) is 4.79 Å². The molecule has 0 bridgehead atoms. The molecule has 6 nitrogen and oxygen atoms in total. The molecule has 182 valence electrons. The number of rotatable bonds is 7. The predicted octanol–water partition coefficient (Wildman–Crippen LogP) is 4.71. The third-order valence-electron chi connectivity index (χ3n) is 5.80. The van der Waals surface area contributed by atoms with E-state index in [1.54, 1.807) is 18.2 Å². The Labute approximate surface area is 202 Å². The van der Waals surface area contributed by atoms with Gasteiger partial charge in [-0.25, -0.2) is 0 Å². The highest BCUT2D eigenvalue weighted by molar-refractivity contribution is 6.30. The van der Waals surface area contributed by atoms with Gasteiger partial charge in [0.2, 0.25) is 5.91 Å².